The molecule has 1 amide bonds. The lowest BCUT2D eigenvalue weighted by molar-refractivity contribution is -0.629. The largest absolute Gasteiger partial charge is 0.618 e. The number of carbonyl (C=O) groups excluding carboxylic acids is 1. The second-order valence-electron chi connectivity index (χ2n) is 7.27. The number of nitrogens with one attached hydrogen (secondary N) is 1. The quantitative estimate of drug-likeness (QED) is 0.272. The van der Waals surface area contributed by atoms with Gasteiger partial charge in [0, 0.05) is 35.8 Å². The summed E-state index contributed by atoms with van der Waals surface area (Å²) in [4.78, 5) is 21.0. The molecule has 174 valence electrons. The summed E-state index contributed by atoms with van der Waals surface area (Å²) in [6.45, 7) is 1.53. The predicted octanol–water partition coefficient (Wildman–Crippen LogP) is 3.61. The molecule has 0 aliphatic heterocycles. The minimum atomic E-state index is -4.80. The lowest BCUT2D eigenvalue weighted by atomic mass is 10.1. The van der Waals surface area contributed by atoms with E-state index in [0.29, 0.717) is 11.6 Å². The molecule has 0 saturated carbocycles. The van der Waals surface area contributed by atoms with Crippen LogP contribution in [0.1, 0.15) is 34.6 Å². The van der Waals surface area contributed by atoms with Crippen LogP contribution in [-0.4, -0.2) is 25.7 Å². The highest BCUT2D eigenvalue weighted by Gasteiger charge is 2.39. The van der Waals surface area contributed by atoms with Crippen LogP contribution in [0.15, 0.2) is 67.4 Å². The van der Waals surface area contributed by atoms with Crippen molar-refractivity contribution < 1.29 is 27.1 Å². The Kier molecular flexibility index (Phi) is 5.97. The first kappa shape index (κ1) is 22.8. The lowest BCUT2D eigenvalue weighted by Gasteiger charge is -2.15. The van der Waals surface area contributed by atoms with E-state index in [1.165, 1.54) is 42.3 Å². The number of aromatic nitrogens is 5. The van der Waals surface area contributed by atoms with Gasteiger partial charge in [0.2, 0.25) is 0 Å². The molecule has 1 atom stereocenters. The van der Waals surface area contributed by atoms with Gasteiger partial charge in [0.1, 0.15) is 11.5 Å². The molecule has 4 aromatic rings. The normalized spacial score (nSPS) is 12.4. The van der Waals surface area contributed by atoms with Crippen LogP contribution in [0.25, 0.3) is 17.1 Å². The Hall–Kier alpha value is -4.35. The second-order valence-corrected chi connectivity index (χ2v) is 7.27. The van der Waals surface area contributed by atoms with Gasteiger partial charge in [-0.2, -0.15) is 23.0 Å². The zero-order valence-corrected chi connectivity index (χ0v) is 17.5. The van der Waals surface area contributed by atoms with Crippen molar-refractivity contribution in [2.24, 2.45) is 0 Å². The highest BCUT2D eigenvalue weighted by atomic mass is 19.4. The van der Waals surface area contributed by atoms with Gasteiger partial charge in [-0.05, 0) is 37.3 Å². The number of amides is 1. The van der Waals surface area contributed by atoms with E-state index in [2.05, 4.69) is 20.4 Å². The van der Waals surface area contributed by atoms with E-state index in [4.69, 9.17) is 0 Å². The maximum atomic E-state index is 13.3. The molecule has 0 spiro atoms. The third-order valence-corrected chi connectivity index (χ3v) is 4.93. The number of hydrogen-bond donors (Lipinski definition) is 1. The zero-order chi connectivity index (χ0) is 24.5. The number of pyridine rings is 3. The SMILES string of the molecule is C[C@@H](NC(=O)c1cn(-c2ccc(F)cn2)nc1-c1ccncc1)c1ccc(C(F)(F)F)[n+]([O-])c1. The van der Waals surface area contributed by atoms with Crippen molar-refractivity contribution in [3.05, 3.63) is 95.2 Å². The summed E-state index contributed by atoms with van der Waals surface area (Å²) >= 11 is 0. The van der Waals surface area contributed by atoms with Gasteiger partial charge in [-0.3, -0.25) is 9.78 Å². The molecule has 0 saturated heterocycles. The zero-order valence-electron chi connectivity index (χ0n) is 17.5. The van der Waals surface area contributed by atoms with Crippen LogP contribution in [0.5, 0.6) is 0 Å². The van der Waals surface area contributed by atoms with E-state index >= 15 is 0 Å². The molecule has 0 bridgehead atoms. The lowest BCUT2D eigenvalue weighted by Crippen LogP contribution is -2.38. The van der Waals surface area contributed by atoms with Crippen LogP contribution >= 0.6 is 0 Å². The summed E-state index contributed by atoms with van der Waals surface area (Å²) in [5.41, 5.74) is -0.201. The van der Waals surface area contributed by atoms with Crippen molar-refractivity contribution in [3.63, 3.8) is 0 Å². The average Bonchev–Trinajstić information content (AvgIpc) is 3.25. The van der Waals surface area contributed by atoms with E-state index in [9.17, 15) is 27.6 Å². The predicted molar refractivity (Wildman–Crippen MR) is 111 cm³/mol. The molecule has 0 fully saturated rings. The highest BCUT2D eigenvalue weighted by Crippen LogP contribution is 2.27. The Morgan fingerprint density at radius 2 is 1.88 bits per heavy atom. The summed E-state index contributed by atoms with van der Waals surface area (Å²) in [6, 6.07) is 6.84. The molecule has 4 aromatic heterocycles. The number of hydrogen-bond acceptors (Lipinski definition) is 5. The van der Waals surface area contributed by atoms with Gasteiger partial charge in [0.15, 0.2) is 12.0 Å². The summed E-state index contributed by atoms with van der Waals surface area (Å²) in [6.07, 6.45) is 1.42. The van der Waals surface area contributed by atoms with Crippen LogP contribution in [-0.2, 0) is 6.18 Å². The van der Waals surface area contributed by atoms with Gasteiger partial charge in [-0.1, -0.05) is 0 Å². The summed E-state index contributed by atoms with van der Waals surface area (Å²) in [5, 5.41) is 18.9. The molecule has 0 radical (unpaired) electrons. The van der Waals surface area contributed by atoms with E-state index in [1.54, 1.807) is 12.1 Å². The van der Waals surface area contributed by atoms with Crippen molar-refractivity contribution in [3.8, 4) is 17.1 Å². The van der Waals surface area contributed by atoms with Crippen molar-refractivity contribution in [2.75, 3.05) is 0 Å². The van der Waals surface area contributed by atoms with E-state index in [1.807, 2.05) is 0 Å². The van der Waals surface area contributed by atoms with Gasteiger partial charge in [-0.25, -0.2) is 14.1 Å². The van der Waals surface area contributed by atoms with Crippen LogP contribution in [0, 0.1) is 11.0 Å². The van der Waals surface area contributed by atoms with Gasteiger partial charge in [0.25, 0.3) is 11.6 Å². The molecular weight excluding hydrogens is 456 g/mol. The minimum absolute atomic E-state index is 0.131. The average molecular weight is 472 g/mol. The van der Waals surface area contributed by atoms with Crippen molar-refractivity contribution >= 4 is 5.91 Å². The van der Waals surface area contributed by atoms with Gasteiger partial charge < -0.3 is 10.5 Å². The monoisotopic (exact) mass is 472 g/mol. The summed E-state index contributed by atoms with van der Waals surface area (Å²) in [7, 11) is 0. The first-order chi connectivity index (χ1) is 16.1. The van der Waals surface area contributed by atoms with Crippen molar-refractivity contribution in [1.82, 2.24) is 25.1 Å². The Morgan fingerprint density at radius 3 is 2.50 bits per heavy atom. The molecule has 34 heavy (non-hydrogen) atoms. The molecule has 1 N–H and O–H groups in total. The first-order valence-electron chi connectivity index (χ1n) is 9.86. The highest BCUT2D eigenvalue weighted by molar-refractivity contribution is 6.00. The fourth-order valence-electron chi connectivity index (χ4n) is 3.21. The number of alkyl halides is 3. The number of halogens is 4. The van der Waals surface area contributed by atoms with E-state index < -0.39 is 29.6 Å². The number of nitrogens with zero attached hydrogens (tertiary/aromatic N) is 5. The molecule has 4 heterocycles. The first-order valence-corrected chi connectivity index (χ1v) is 9.86. The fraction of sp³-hybridized carbons (Fsp3) is 0.136. The Bertz CT molecular complexity index is 1320. The molecule has 0 aliphatic carbocycles. The molecule has 4 rings (SSSR count). The van der Waals surface area contributed by atoms with Crippen molar-refractivity contribution in [2.45, 2.75) is 19.1 Å². The Labute approximate surface area is 190 Å². The van der Waals surface area contributed by atoms with E-state index in [0.717, 1.165) is 18.5 Å². The third-order valence-electron chi connectivity index (χ3n) is 4.93. The number of carbonyl (C=O) groups is 1. The number of rotatable bonds is 5. The maximum absolute atomic E-state index is 13.3. The van der Waals surface area contributed by atoms with Crippen LogP contribution in [0.3, 0.4) is 0 Å². The van der Waals surface area contributed by atoms with Crippen LogP contribution in [0.4, 0.5) is 17.6 Å². The molecule has 0 aliphatic rings. The standard InChI is InChI=1S/C22H16F4N6O2/c1-13(15-2-4-18(22(24,25)26)32(34)11-15)29-21(33)17-12-31(19-5-3-16(23)10-28-19)30-20(17)14-6-8-27-9-7-14/h2-13H,1H3,(H,29,33)/t13-/m1/s1. The molecule has 12 heteroatoms. The second kappa shape index (κ2) is 8.89. The van der Waals surface area contributed by atoms with Gasteiger partial charge in [-0.15, -0.1) is 0 Å². The molecule has 8 nitrogen and oxygen atoms in total. The van der Waals surface area contributed by atoms with E-state index in [-0.39, 0.29) is 27.4 Å². The van der Waals surface area contributed by atoms with Gasteiger partial charge >= 0.3 is 6.18 Å². The van der Waals surface area contributed by atoms with Gasteiger partial charge in [0.05, 0.1) is 17.8 Å². The summed E-state index contributed by atoms with van der Waals surface area (Å²) in [5.74, 6) is -0.867. The molecule has 0 aromatic carbocycles. The van der Waals surface area contributed by atoms with Crippen LogP contribution < -0.4 is 10.0 Å². The maximum Gasteiger partial charge on any atom is 0.478 e. The molecule has 0 unspecified atom stereocenters. The smallest absolute Gasteiger partial charge is 0.478 e. The van der Waals surface area contributed by atoms with Crippen molar-refractivity contribution in [1.29, 1.82) is 0 Å². The topological polar surface area (TPSA) is 99.6 Å². The Balaban J connectivity index is 1.66. The van der Waals surface area contributed by atoms with Crippen LogP contribution in [0.2, 0.25) is 0 Å². The minimum Gasteiger partial charge on any atom is -0.618 e. The summed E-state index contributed by atoms with van der Waals surface area (Å²) < 4.78 is 52.8. The Morgan fingerprint density at radius 1 is 1.15 bits per heavy atom. The third kappa shape index (κ3) is 4.70. The fourth-order valence-corrected chi connectivity index (χ4v) is 3.21. The molecular formula is C22H16F4N6O2.